The van der Waals surface area contributed by atoms with Gasteiger partial charge in [0.15, 0.2) is 11.5 Å². The molecular weight excluding hydrogens is 366 g/mol. The van der Waals surface area contributed by atoms with E-state index in [1.54, 1.807) is 38.5 Å². The second-order valence-corrected chi connectivity index (χ2v) is 6.20. The number of methoxy groups -OCH3 is 2. The second-order valence-electron chi connectivity index (χ2n) is 5.76. The fraction of sp³-hybridized carbons (Fsp3) is 0.286. The van der Waals surface area contributed by atoms with Gasteiger partial charge in [0.1, 0.15) is 5.75 Å². The van der Waals surface area contributed by atoms with Gasteiger partial charge in [-0.05, 0) is 42.8 Å². The number of halogens is 1. The Labute approximate surface area is 164 Å². The van der Waals surface area contributed by atoms with Crippen LogP contribution in [-0.2, 0) is 4.79 Å². The van der Waals surface area contributed by atoms with Gasteiger partial charge in [0.2, 0.25) is 5.91 Å². The van der Waals surface area contributed by atoms with Crippen LogP contribution in [-0.4, -0.2) is 26.7 Å². The van der Waals surface area contributed by atoms with E-state index in [4.69, 9.17) is 25.8 Å². The molecule has 0 saturated carbocycles. The molecule has 5 nitrogen and oxygen atoms in total. The van der Waals surface area contributed by atoms with Gasteiger partial charge >= 0.3 is 0 Å². The minimum Gasteiger partial charge on any atom is -0.493 e. The van der Waals surface area contributed by atoms with Crippen LogP contribution in [0.1, 0.15) is 19.8 Å². The second kappa shape index (κ2) is 9.88. The average molecular weight is 390 g/mol. The summed E-state index contributed by atoms with van der Waals surface area (Å²) < 4.78 is 17.0. The number of carbonyl (C=O) groups is 1. The molecule has 0 aromatic heterocycles. The molecule has 27 heavy (non-hydrogen) atoms. The van der Waals surface area contributed by atoms with Gasteiger partial charge in [0.05, 0.1) is 32.1 Å². The normalized spacial score (nSPS) is 10.2. The first-order chi connectivity index (χ1) is 13.0. The highest BCUT2D eigenvalue weighted by molar-refractivity contribution is 6.31. The molecule has 2 aromatic rings. The van der Waals surface area contributed by atoms with E-state index >= 15 is 0 Å². The fourth-order valence-electron chi connectivity index (χ4n) is 2.63. The van der Waals surface area contributed by atoms with Crippen LogP contribution in [0.5, 0.6) is 17.2 Å². The Kier molecular flexibility index (Phi) is 7.55. The van der Waals surface area contributed by atoms with Crippen LogP contribution in [0.3, 0.4) is 0 Å². The highest BCUT2D eigenvalue weighted by Crippen LogP contribution is 2.47. The van der Waals surface area contributed by atoms with E-state index in [0.29, 0.717) is 45.7 Å². The van der Waals surface area contributed by atoms with Crippen molar-refractivity contribution in [3.05, 3.63) is 48.0 Å². The van der Waals surface area contributed by atoms with Crippen LogP contribution in [0, 0.1) is 0 Å². The van der Waals surface area contributed by atoms with Crippen molar-refractivity contribution in [3.63, 3.8) is 0 Å². The van der Waals surface area contributed by atoms with Crippen molar-refractivity contribution < 1.29 is 19.0 Å². The molecule has 0 heterocycles. The molecule has 0 bridgehead atoms. The summed E-state index contributed by atoms with van der Waals surface area (Å²) in [5.41, 5.74) is 1.87. The maximum absolute atomic E-state index is 11.9. The number of hydrogen-bond acceptors (Lipinski definition) is 4. The minimum absolute atomic E-state index is 0.334. The average Bonchev–Trinajstić information content (AvgIpc) is 2.68. The van der Waals surface area contributed by atoms with Crippen molar-refractivity contribution in [2.45, 2.75) is 19.8 Å². The number of unbranched alkanes of at least 4 members (excludes halogenated alkanes) is 1. The summed E-state index contributed by atoms with van der Waals surface area (Å²) in [5, 5.41) is 3.35. The first kappa shape index (κ1) is 20.6. The fourth-order valence-corrected chi connectivity index (χ4v) is 2.80. The number of benzene rings is 2. The minimum atomic E-state index is -0.334. The van der Waals surface area contributed by atoms with Crippen molar-refractivity contribution in [2.24, 2.45) is 0 Å². The highest BCUT2D eigenvalue weighted by Gasteiger charge is 2.21. The van der Waals surface area contributed by atoms with Gasteiger partial charge in [-0.1, -0.05) is 31.5 Å². The number of ether oxygens (including phenoxy) is 3. The van der Waals surface area contributed by atoms with Crippen LogP contribution in [0.2, 0.25) is 5.02 Å². The van der Waals surface area contributed by atoms with E-state index in [2.05, 4.69) is 18.8 Å². The van der Waals surface area contributed by atoms with Crippen LogP contribution >= 0.6 is 11.6 Å². The Morgan fingerprint density at radius 1 is 1.19 bits per heavy atom. The summed E-state index contributed by atoms with van der Waals surface area (Å²) >= 11 is 6.25. The van der Waals surface area contributed by atoms with Gasteiger partial charge < -0.3 is 19.5 Å². The summed E-state index contributed by atoms with van der Waals surface area (Å²) in [6.45, 7) is 6.18. The lowest BCUT2D eigenvalue weighted by atomic mass is 10.00. The molecule has 0 unspecified atom stereocenters. The monoisotopic (exact) mass is 389 g/mol. The predicted molar refractivity (Wildman–Crippen MR) is 109 cm³/mol. The third-order valence-corrected chi connectivity index (χ3v) is 4.19. The Morgan fingerprint density at radius 2 is 1.93 bits per heavy atom. The Balaban J connectivity index is 2.68. The van der Waals surface area contributed by atoms with E-state index in [1.165, 1.54) is 6.08 Å². The lowest BCUT2D eigenvalue weighted by Crippen LogP contribution is -2.10. The van der Waals surface area contributed by atoms with Gasteiger partial charge in [-0.15, -0.1) is 0 Å². The van der Waals surface area contributed by atoms with Gasteiger partial charge in [-0.3, -0.25) is 4.79 Å². The Bertz CT molecular complexity index is 820. The standard InChI is InChI=1S/C21H24ClNO4/c1-5-7-12-27-17-10-8-14(22)13-15(17)20-16(23-19(24)6-2)9-11-18(25-3)21(20)26-4/h6,8-11,13H,2,5,7,12H2,1,3-4H3,(H,23,24). The van der Waals surface area contributed by atoms with Gasteiger partial charge in [0, 0.05) is 10.6 Å². The molecule has 2 aromatic carbocycles. The molecule has 1 N–H and O–H groups in total. The van der Waals surface area contributed by atoms with Crippen LogP contribution in [0.25, 0.3) is 11.1 Å². The number of carbonyl (C=O) groups excluding carboxylic acids is 1. The molecule has 0 saturated heterocycles. The maximum Gasteiger partial charge on any atom is 0.247 e. The Morgan fingerprint density at radius 3 is 2.56 bits per heavy atom. The number of amides is 1. The van der Waals surface area contributed by atoms with E-state index in [1.807, 2.05) is 6.07 Å². The van der Waals surface area contributed by atoms with E-state index in [-0.39, 0.29) is 5.91 Å². The zero-order valence-corrected chi connectivity index (χ0v) is 16.6. The first-order valence-electron chi connectivity index (χ1n) is 8.66. The SMILES string of the molecule is C=CC(=O)Nc1ccc(OC)c(OC)c1-c1cc(Cl)ccc1OCCCC. The van der Waals surface area contributed by atoms with Gasteiger partial charge in [-0.2, -0.15) is 0 Å². The molecule has 6 heteroatoms. The number of hydrogen-bond donors (Lipinski definition) is 1. The molecule has 0 radical (unpaired) electrons. The summed E-state index contributed by atoms with van der Waals surface area (Å²) in [4.78, 5) is 11.9. The summed E-state index contributed by atoms with van der Waals surface area (Å²) in [7, 11) is 3.10. The van der Waals surface area contributed by atoms with Crippen LogP contribution in [0.15, 0.2) is 43.0 Å². The largest absolute Gasteiger partial charge is 0.493 e. The zero-order chi connectivity index (χ0) is 19.8. The van der Waals surface area contributed by atoms with Crippen LogP contribution < -0.4 is 19.5 Å². The quantitative estimate of drug-likeness (QED) is 0.465. The van der Waals surface area contributed by atoms with Gasteiger partial charge in [-0.25, -0.2) is 0 Å². The smallest absolute Gasteiger partial charge is 0.247 e. The molecule has 0 spiro atoms. The van der Waals surface area contributed by atoms with Crippen LogP contribution in [0.4, 0.5) is 5.69 Å². The van der Waals surface area contributed by atoms with Gasteiger partial charge in [0.25, 0.3) is 0 Å². The lowest BCUT2D eigenvalue weighted by Gasteiger charge is -2.20. The number of rotatable bonds is 9. The third kappa shape index (κ3) is 4.95. The summed E-state index contributed by atoms with van der Waals surface area (Å²) in [5.74, 6) is 1.32. The van der Waals surface area contributed by atoms with Crippen molar-refractivity contribution >= 4 is 23.2 Å². The zero-order valence-electron chi connectivity index (χ0n) is 15.8. The summed E-state index contributed by atoms with van der Waals surface area (Å²) in [6.07, 6.45) is 3.15. The van der Waals surface area contributed by atoms with E-state index < -0.39 is 0 Å². The maximum atomic E-state index is 11.9. The van der Waals surface area contributed by atoms with E-state index in [9.17, 15) is 4.79 Å². The molecule has 0 aliphatic heterocycles. The van der Waals surface area contributed by atoms with Crippen molar-refractivity contribution in [2.75, 3.05) is 26.1 Å². The number of nitrogens with one attached hydrogen (secondary N) is 1. The van der Waals surface area contributed by atoms with Crippen molar-refractivity contribution in [3.8, 4) is 28.4 Å². The molecule has 2 rings (SSSR count). The highest BCUT2D eigenvalue weighted by atomic mass is 35.5. The molecule has 0 aliphatic carbocycles. The first-order valence-corrected chi connectivity index (χ1v) is 9.04. The topological polar surface area (TPSA) is 56.8 Å². The third-order valence-electron chi connectivity index (χ3n) is 3.96. The summed E-state index contributed by atoms with van der Waals surface area (Å²) in [6, 6.07) is 8.83. The Hall–Kier alpha value is -2.66. The molecule has 144 valence electrons. The van der Waals surface area contributed by atoms with Crippen molar-refractivity contribution in [1.82, 2.24) is 0 Å². The molecule has 0 fully saturated rings. The number of anilines is 1. The van der Waals surface area contributed by atoms with Crippen molar-refractivity contribution in [1.29, 1.82) is 0 Å². The predicted octanol–water partition coefficient (Wildman–Crippen LogP) is 5.33. The van der Waals surface area contributed by atoms with E-state index in [0.717, 1.165) is 12.8 Å². The molecule has 1 amide bonds. The lowest BCUT2D eigenvalue weighted by molar-refractivity contribution is -0.111. The molecule has 0 aliphatic rings. The molecule has 0 atom stereocenters. The molecular formula is C21H24ClNO4.